The molecule has 100 valence electrons. The molecule has 0 saturated carbocycles. The Labute approximate surface area is 125 Å². The fraction of sp³-hybridized carbons (Fsp3) is 0.214. The number of nitrogens with one attached hydrogen (secondary N) is 1. The van der Waals surface area contributed by atoms with Gasteiger partial charge in [-0.1, -0.05) is 28.1 Å². The second kappa shape index (κ2) is 6.78. The van der Waals surface area contributed by atoms with E-state index >= 15 is 0 Å². The van der Waals surface area contributed by atoms with E-state index in [2.05, 4.69) is 33.4 Å². The number of benzene rings is 1. The monoisotopic (exact) mass is 341 g/mol. The largest absolute Gasteiger partial charge is 0.440 e. The SMILES string of the molecule is O=C(NCCCc1cccc(Br)c1)c1ccc(Cl)o1. The van der Waals surface area contributed by atoms with E-state index in [9.17, 15) is 4.79 Å². The number of rotatable bonds is 5. The third-order valence-corrected chi connectivity index (χ3v) is 3.31. The van der Waals surface area contributed by atoms with E-state index < -0.39 is 0 Å². The van der Waals surface area contributed by atoms with Crippen molar-refractivity contribution in [1.82, 2.24) is 5.32 Å². The Kier molecular flexibility index (Phi) is 5.05. The molecule has 0 saturated heterocycles. The van der Waals surface area contributed by atoms with Crippen LogP contribution in [0.5, 0.6) is 0 Å². The van der Waals surface area contributed by atoms with Gasteiger partial charge in [-0.2, -0.15) is 0 Å². The number of amides is 1. The smallest absolute Gasteiger partial charge is 0.287 e. The predicted molar refractivity (Wildman–Crippen MR) is 78.5 cm³/mol. The molecular formula is C14H13BrClNO2. The summed E-state index contributed by atoms with van der Waals surface area (Å²) < 4.78 is 6.09. The van der Waals surface area contributed by atoms with E-state index in [4.69, 9.17) is 16.0 Å². The van der Waals surface area contributed by atoms with E-state index in [-0.39, 0.29) is 16.9 Å². The minimum absolute atomic E-state index is 0.222. The van der Waals surface area contributed by atoms with Crippen LogP contribution in [-0.2, 0) is 6.42 Å². The zero-order chi connectivity index (χ0) is 13.7. The molecule has 1 aromatic heterocycles. The lowest BCUT2D eigenvalue weighted by Gasteiger charge is -2.04. The minimum atomic E-state index is -0.235. The Bertz CT molecular complexity index is 568. The summed E-state index contributed by atoms with van der Waals surface area (Å²) in [5.41, 5.74) is 1.24. The minimum Gasteiger partial charge on any atom is -0.440 e. The van der Waals surface area contributed by atoms with Gasteiger partial charge in [-0.3, -0.25) is 4.79 Å². The number of carbonyl (C=O) groups is 1. The third-order valence-electron chi connectivity index (χ3n) is 2.61. The lowest BCUT2D eigenvalue weighted by Crippen LogP contribution is -2.24. The van der Waals surface area contributed by atoms with Crippen molar-refractivity contribution in [2.75, 3.05) is 6.54 Å². The van der Waals surface area contributed by atoms with E-state index in [0.717, 1.165) is 17.3 Å². The van der Waals surface area contributed by atoms with Gasteiger partial charge < -0.3 is 9.73 Å². The van der Waals surface area contributed by atoms with Gasteiger partial charge in [-0.05, 0) is 54.3 Å². The van der Waals surface area contributed by atoms with Crippen LogP contribution >= 0.6 is 27.5 Å². The summed E-state index contributed by atoms with van der Waals surface area (Å²) in [4.78, 5) is 11.7. The summed E-state index contributed by atoms with van der Waals surface area (Å²) >= 11 is 9.04. The van der Waals surface area contributed by atoms with E-state index in [1.54, 1.807) is 12.1 Å². The fourth-order valence-electron chi connectivity index (χ4n) is 1.71. The topological polar surface area (TPSA) is 42.2 Å². The maximum atomic E-state index is 11.7. The van der Waals surface area contributed by atoms with Crippen molar-refractivity contribution in [2.24, 2.45) is 0 Å². The molecule has 0 aliphatic rings. The Morgan fingerprint density at radius 3 is 2.84 bits per heavy atom. The molecule has 19 heavy (non-hydrogen) atoms. The van der Waals surface area contributed by atoms with Crippen molar-refractivity contribution in [3.8, 4) is 0 Å². The van der Waals surface area contributed by atoms with Crippen molar-refractivity contribution in [3.63, 3.8) is 0 Å². The number of carbonyl (C=O) groups excluding carboxylic acids is 1. The van der Waals surface area contributed by atoms with Gasteiger partial charge in [-0.25, -0.2) is 0 Å². The van der Waals surface area contributed by atoms with E-state index in [0.29, 0.717) is 6.54 Å². The molecule has 0 aliphatic carbocycles. The van der Waals surface area contributed by atoms with Gasteiger partial charge in [0.05, 0.1) is 0 Å². The van der Waals surface area contributed by atoms with Gasteiger partial charge in [-0.15, -0.1) is 0 Å². The molecule has 2 rings (SSSR count). The fourth-order valence-corrected chi connectivity index (χ4v) is 2.30. The standard InChI is InChI=1S/C14H13BrClNO2/c15-11-5-1-3-10(9-11)4-2-8-17-14(18)12-6-7-13(16)19-12/h1,3,5-7,9H,2,4,8H2,(H,17,18). The van der Waals surface area contributed by atoms with E-state index in [1.807, 2.05) is 12.1 Å². The molecule has 0 fully saturated rings. The lowest BCUT2D eigenvalue weighted by atomic mass is 10.1. The molecule has 1 N–H and O–H groups in total. The van der Waals surface area contributed by atoms with E-state index in [1.165, 1.54) is 5.56 Å². The first kappa shape index (κ1) is 14.2. The second-order valence-corrected chi connectivity index (χ2v) is 5.38. The molecule has 0 aliphatic heterocycles. The first-order chi connectivity index (χ1) is 9.15. The second-order valence-electron chi connectivity index (χ2n) is 4.09. The summed E-state index contributed by atoms with van der Waals surface area (Å²) in [6.45, 7) is 0.601. The molecule has 0 radical (unpaired) electrons. The van der Waals surface area contributed by atoms with Crippen LogP contribution < -0.4 is 5.32 Å². The predicted octanol–water partition coefficient (Wildman–Crippen LogP) is 4.06. The highest BCUT2D eigenvalue weighted by molar-refractivity contribution is 9.10. The zero-order valence-electron chi connectivity index (χ0n) is 10.2. The summed E-state index contributed by atoms with van der Waals surface area (Å²) in [5, 5.41) is 3.02. The van der Waals surface area contributed by atoms with Crippen molar-refractivity contribution in [2.45, 2.75) is 12.8 Å². The molecule has 1 heterocycles. The van der Waals surface area contributed by atoms with Crippen LogP contribution in [0.2, 0.25) is 5.22 Å². The van der Waals surface area contributed by atoms with Crippen LogP contribution in [0, 0.1) is 0 Å². The van der Waals surface area contributed by atoms with Crippen molar-refractivity contribution in [3.05, 3.63) is 57.4 Å². The molecule has 1 aromatic carbocycles. The molecule has 0 unspecified atom stereocenters. The Morgan fingerprint density at radius 1 is 1.32 bits per heavy atom. The number of hydrogen-bond donors (Lipinski definition) is 1. The van der Waals surface area contributed by atoms with Gasteiger partial charge >= 0.3 is 0 Å². The molecular weight excluding hydrogens is 330 g/mol. The molecule has 2 aromatic rings. The Morgan fingerprint density at radius 2 is 2.16 bits per heavy atom. The van der Waals surface area contributed by atoms with Crippen LogP contribution in [0.3, 0.4) is 0 Å². The third kappa shape index (κ3) is 4.40. The van der Waals surface area contributed by atoms with Gasteiger partial charge in [0.25, 0.3) is 5.91 Å². The summed E-state index contributed by atoms with van der Waals surface area (Å²) in [6.07, 6.45) is 1.79. The number of halogens is 2. The van der Waals surface area contributed by atoms with Crippen LogP contribution in [0.4, 0.5) is 0 Å². The van der Waals surface area contributed by atoms with Crippen molar-refractivity contribution >= 4 is 33.4 Å². The Hall–Kier alpha value is -1.26. The quantitative estimate of drug-likeness (QED) is 0.833. The molecule has 1 amide bonds. The highest BCUT2D eigenvalue weighted by Crippen LogP contribution is 2.14. The highest BCUT2D eigenvalue weighted by Gasteiger charge is 2.09. The first-order valence-electron chi connectivity index (χ1n) is 5.93. The molecule has 0 spiro atoms. The molecule has 5 heteroatoms. The van der Waals surface area contributed by atoms with Crippen LogP contribution in [0.1, 0.15) is 22.5 Å². The van der Waals surface area contributed by atoms with Gasteiger partial charge in [0.1, 0.15) is 0 Å². The number of aryl methyl sites for hydroxylation is 1. The summed E-state index contributed by atoms with van der Waals surface area (Å²) in [5.74, 6) is 0.00796. The maximum Gasteiger partial charge on any atom is 0.287 e. The summed E-state index contributed by atoms with van der Waals surface area (Å²) in [7, 11) is 0. The number of furan rings is 1. The lowest BCUT2D eigenvalue weighted by molar-refractivity contribution is 0.0925. The van der Waals surface area contributed by atoms with Crippen LogP contribution in [-0.4, -0.2) is 12.5 Å². The average molecular weight is 343 g/mol. The maximum absolute atomic E-state index is 11.7. The summed E-state index contributed by atoms with van der Waals surface area (Å²) in [6, 6.07) is 11.3. The molecule has 3 nitrogen and oxygen atoms in total. The van der Waals surface area contributed by atoms with Crippen molar-refractivity contribution in [1.29, 1.82) is 0 Å². The normalized spacial score (nSPS) is 10.4. The van der Waals surface area contributed by atoms with Crippen LogP contribution in [0.25, 0.3) is 0 Å². The Balaban J connectivity index is 1.74. The van der Waals surface area contributed by atoms with Crippen molar-refractivity contribution < 1.29 is 9.21 Å². The zero-order valence-corrected chi connectivity index (χ0v) is 12.5. The first-order valence-corrected chi connectivity index (χ1v) is 7.10. The van der Waals surface area contributed by atoms with Crippen LogP contribution in [0.15, 0.2) is 45.3 Å². The molecule has 0 atom stereocenters. The van der Waals surface area contributed by atoms with Gasteiger partial charge in [0.15, 0.2) is 11.0 Å². The average Bonchev–Trinajstić information content (AvgIpc) is 2.81. The highest BCUT2D eigenvalue weighted by atomic mass is 79.9. The van der Waals surface area contributed by atoms with Gasteiger partial charge in [0, 0.05) is 11.0 Å². The molecule has 0 bridgehead atoms. The number of hydrogen-bond acceptors (Lipinski definition) is 2. The van der Waals surface area contributed by atoms with Gasteiger partial charge in [0.2, 0.25) is 0 Å².